The Balaban J connectivity index is 1.86. The first-order chi connectivity index (χ1) is 10.4. The molecule has 120 valence electrons. The molecule has 1 aromatic carbocycles. The number of nitrogens with zero attached hydrogens (tertiary/aromatic N) is 1. The molecule has 2 atom stereocenters. The summed E-state index contributed by atoms with van der Waals surface area (Å²) in [6, 6.07) is 6.21. The molecule has 5 nitrogen and oxygen atoms in total. The Hall–Kier alpha value is -1.40. The Morgan fingerprint density at radius 2 is 1.64 bits per heavy atom. The van der Waals surface area contributed by atoms with Crippen LogP contribution in [0, 0.1) is 0 Å². The second-order valence-electron chi connectivity index (χ2n) is 6.30. The number of rotatable bonds is 4. The SMILES string of the molecule is CC(C)Oc1ccc(S(=O)(=O)N2C3CCC2CC(=O)C3)cc1. The molecule has 6 heteroatoms. The van der Waals surface area contributed by atoms with Gasteiger partial charge < -0.3 is 4.74 Å². The molecule has 2 heterocycles. The molecule has 3 rings (SSSR count). The number of fused-ring (bicyclic) bond motifs is 2. The second kappa shape index (κ2) is 5.66. The third kappa shape index (κ3) is 2.77. The van der Waals surface area contributed by atoms with Crippen LogP contribution in [0.5, 0.6) is 5.75 Å². The van der Waals surface area contributed by atoms with Crippen molar-refractivity contribution in [3.8, 4) is 5.75 Å². The number of Topliss-reactive ketones (excluding diaryl/α,β-unsaturated/α-hetero) is 1. The highest BCUT2D eigenvalue weighted by Gasteiger charge is 2.46. The fraction of sp³-hybridized carbons (Fsp3) is 0.562. The zero-order valence-corrected chi connectivity index (χ0v) is 13.7. The van der Waals surface area contributed by atoms with Crippen LogP contribution in [0.4, 0.5) is 0 Å². The summed E-state index contributed by atoms with van der Waals surface area (Å²) < 4.78 is 32.8. The van der Waals surface area contributed by atoms with Crippen LogP contribution in [-0.2, 0) is 14.8 Å². The molecule has 2 aliphatic rings. The topological polar surface area (TPSA) is 63.7 Å². The zero-order chi connectivity index (χ0) is 15.9. The molecule has 2 fully saturated rings. The van der Waals surface area contributed by atoms with Crippen LogP contribution >= 0.6 is 0 Å². The van der Waals surface area contributed by atoms with Gasteiger partial charge in [0.25, 0.3) is 0 Å². The molecule has 0 spiro atoms. The lowest BCUT2D eigenvalue weighted by Crippen LogP contribution is -2.46. The van der Waals surface area contributed by atoms with Crippen molar-refractivity contribution < 1.29 is 17.9 Å². The van der Waals surface area contributed by atoms with Crippen LogP contribution in [0.1, 0.15) is 39.5 Å². The van der Waals surface area contributed by atoms with Crippen molar-refractivity contribution in [2.24, 2.45) is 0 Å². The number of sulfonamides is 1. The zero-order valence-electron chi connectivity index (χ0n) is 12.9. The van der Waals surface area contributed by atoms with Gasteiger partial charge in [-0.3, -0.25) is 4.79 Å². The summed E-state index contributed by atoms with van der Waals surface area (Å²) in [5, 5.41) is 0. The monoisotopic (exact) mass is 323 g/mol. The van der Waals surface area contributed by atoms with E-state index in [2.05, 4.69) is 0 Å². The number of piperidine rings is 1. The summed E-state index contributed by atoms with van der Waals surface area (Å²) in [5.74, 6) is 0.838. The molecule has 0 radical (unpaired) electrons. The maximum absolute atomic E-state index is 12.9. The van der Waals surface area contributed by atoms with E-state index in [0.29, 0.717) is 18.6 Å². The van der Waals surface area contributed by atoms with E-state index in [-0.39, 0.29) is 28.9 Å². The van der Waals surface area contributed by atoms with Crippen molar-refractivity contribution in [3.05, 3.63) is 24.3 Å². The van der Waals surface area contributed by atoms with Gasteiger partial charge >= 0.3 is 0 Å². The lowest BCUT2D eigenvalue weighted by Gasteiger charge is -2.32. The Labute approximate surface area is 131 Å². The van der Waals surface area contributed by atoms with Crippen molar-refractivity contribution in [1.82, 2.24) is 4.31 Å². The van der Waals surface area contributed by atoms with Gasteiger partial charge in [0.2, 0.25) is 10.0 Å². The summed E-state index contributed by atoms with van der Waals surface area (Å²) in [5.41, 5.74) is 0. The highest BCUT2D eigenvalue weighted by atomic mass is 32.2. The number of benzene rings is 1. The normalized spacial score (nSPS) is 25.7. The van der Waals surface area contributed by atoms with Gasteiger partial charge in [0.05, 0.1) is 11.0 Å². The van der Waals surface area contributed by atoms with Gasteiger partial charge in [-0.25, -0.2) is 8.42 Å². The van der Waals surface area contributed by atoms with Gasteiger partial charge in [-0.1, -0.05) is 0 Å². The van der Waals surface area contributed by atoms with E-state index in [1.807, 2.05) is 13.8 Å². The van der Waals surface area contributed by atoms with Crippen LogP contribution in [0.25, 0.3) is 0 Å². The molecular formula is C16H21NO4S. The molecule has 0 saturated carbocycles. The first kappa shape index (κ1) is 15.5. The Morgan fingerprint density at radius 1 is 1.09 bits per heavy atom. The maximum Gasteiger partial charge on any atom is 0.243 e. The molecule has 0 amide bonds. The molecule has 2 unspecified atom stereocenters. The Kier molecular flexibility index (Phi) is 3.99. The quantitative estimate of drug-likeness (QED) is 0.853. The van der Waals surface area contributed by atoms with E-state index in [1.165, 1.54) is 0 Å². The molecule has 0 aromatic heterocycles. The average Bonchev–Trinajstić information content (AvgIpc) is 2.72. The van der Waals surface area contributed by atoms with E-state index < -0.39 is 10.0 Å². The molecular weight excluding hydrogens is 302 g/mol. The summed E-state index contributed by atoms with van der Waals surface area (Å²) >= 11 is 0. The number of carbonyl (C=O) groups is 1. The van der Waals surface area contributed by atoms with Crippen molar-refractivity contribution in [2.75, 3.05) is 0 Å². The van der Waals surface area contributed by atoms with Crippen LogP contribution < -0.4 is 4.74 Å². The Morgan fingerprint density at radius 3 is 2.14 bits per heavy atom. The fourth-order valence-electron chi connectivity index (χ4n) is 3.41. The fourth-order valence-corrected chi connectivity index (χ4v) is 5.28. The van der Waals surface area contributed by atoms with Crippen molar-refractivity contribution in [2.45, 2.75) is 62.6 Å². The third-order valence-electron chi connectivity index (χ3n) is 4.25. The smallest absolute Gasteiger partial charge is 0.243 e. The van der Waals surface area contributed by atoms with Crippen LogP contribution in [0.2, 0.25) is 0 Å². The molecule has 2 bridgehead atoms. The van der Waals surface area contributed by atoms with Crippen LogP contribution in [-0.4, -0.2) is 36.7 Å². The highest BCUT2D eigenvalue weighted by molar-refractivity contribution is 7.89. The average molecular weight is 323 g/mol. The summed E-state index contributed by atoms with van der Waals surface area (Å²) in [4.78, 5) is 11.9. The Bertz CT molecular complexity index is 650. The lowest BCUT2D eigenvalue weighted by atomic mass is 10.0. The first-order valence-corrected chi connectivity index (χ1v) is 9.14. The minimum absolute atomic E-state index is 0.0476. The van der Waals surface area contributed by atoms with E-state index in [1.54, 1.807) is 28.6 Å². The van der Waals surface area contributed by atoms with Gasteiger partial charge in [0, 0.05) is 24.9 Å². The van der Waals surface area contributed by atoms with E-state index in [0.717, 1.165) is 12.8 Å². The third-order valence-corrected chi connectivity index (χ3v) is 6.27. The number of hydrogen-bond acceptors (Lipinski definition) is 4. The molecule has 2 aliphatic heterocycles. The molecule has 0 aliphatic carbocycles. The van der Waals surface area contributed by atoms with E-state index in [9.17, 15) is 13.2 Å². The summed E-state index contributed by atoms with van der Waals surface area (Å²) in [6.07, 6.45) is 2.31. The summed E-state index contributed by atoms with van der Waals surface area (Å²) in [7, 11) is -3.54. The van der Waals surface area contributed by atoms with Gasteiger partial charge in [-0.15, -0.1) is 0 Å². The maximum atomic E-state index is 12.9. The number of carbonyl (C=O) groups excluding carboxylic acids is 1. The van der Waals surface area contributed by atoms with Gasteiger partial charge in [-0.2, -0.15) is 4.31 Å². The predicted octanol–water partition coefficient (Wildman–Crippen LogP) is 2.36. The summed E-state index contributed by atoms with van der Waals surface area (Å²) in [6.45, 7) is 3.85. The number of hydrogen-bond donors (Lipinski definition) is 0. The van der Waals surface area contributed by atoms with Gasteiger partial charge in [-0.05, 0) is 51.0 Å². The molecule has 22 heavy (non-hydrogen) atoms. The first-order valence-electron chi connectivity index (χ1n) is 7.70. The van der Waals surface area contributed by atoms with Crippen molar-refractivity contribution in [3.63, 3.8) is 0 Å². The van der Waals surface area contributed by atoms with Crippen molar-refractivity contribution in [1.29, 1.82) is 0 Å². The number of ether oxygens (including phenoxy) is 1. The second-order valence-corrected chi connectivity index (χ2v) is 8.15. The molecule has 0 N–H and O–H groups in total. The van der Waals surface area contributed by atoms with Crippen molar-refractivity contribution >= 4 is 15.8 Å². The van der Waals surface area contributed by atoms with E-state index >= 15 is 0 Å². The van der Waals surface area contributed by atoms with Gasteiger partial charge in [0.1, 0.15) is 11.5 Å². The number of ketones is 1. The molecule has 2 saturated heterocycles. The predicted molar refractivity (Wildman–Crippen MR) is 82.3 cm³/mol. The van der Waals surface area contributed by atoms with Crippen LogP contribution in [0.15, 0.2) is 29.2 Å². The molecule has 1 aromatic rings. The highest BCUT2D eigenvalue weighted by Crippen LogP contribution is 2.38. The largest absolute Gasteiger partial charge is 0.491 e. The minimum Gasteiger partial charge on any atom is -0.491 e. The minimum atomic E-state index is -3.54. The standard InChI is InChI=1S/C16H21NO4S/c1-11(2)21-15-5-7-16(8-6-15)22(19,20)17-12-3-4-13(17)10-14(18)9-12/h5-8,11-13H,3-4,9-10H2,1-2H3. The van der Waals surface area contributed by atoms with Gasteiger partial charge in [0.15, 0.2) is 0 Å². The lowest BCUT2D eigenvalue weighted by molar-refractivity contribution is -0.122. The van der Waals surface area contributed by atoms with E-state index in [4.69, 9.17) is 4.74 Å². The van der Waals surface area contributed by atoms with Crippen LogP contribution in [0.3, 0.4) is 0 Å².